The first-order valence-electron chi connectivity index (χ1n) is 6.34. The Bertz CT molecular complexity index is 732. The van der Waals surface area contributed by atoms with Gasteiger partial charge in [-0.3, -0.25) is 0 Å². The average molecular weight is 255 g/mol. The lowest BCUT2D eigenvalue weighted by atomic mass is 10.2. The Balaban J connectivity index is 1.88. The van der Waals surface area contributed by atoms with Crippen LogP contribution in [0.1, 0.15) is 11.9 Å². The molecule has 0 radical (unpaired) electrons. The monoisotopic (exact) mass is 255 g/mol. The van der Waals surface area contributed by atoms with Gasteiger partial charge in [0.1, 0.15) is 12.4 Å². The van der Waals surface area contributed by atoms with Gasteiger partial charge in [-0.15, -0.1) is 5.10 Å². The summed E-state index contributed by atoms with van der Waals surface area (Å²) in [5.41, 5.74) is 1.76. The van der Waals surface area contributed by atoms with Crippen LogP contribution in [0.4, 0.5) is 0 Å². The minimum absolute atomic E-state index is 0.0765. The molecule has 6 nitrogen and oxygen atoms in total. The largest absolute Gasteiger partial charge is 0.367 e. The quantitative estimate of drug-likeness (QED) is 0.701. The molecule has 1 fully saturated rings. The van der Waals surface area contributed by atoms with Crippen molar-refractivity contribution in [3.63, 3.8) is 0 Å². The Kier molecular flexibility index (Phi) is 2.43. The summed E-state index contributed by atoms with van der Waals surface area (Å²) >= 11 is 0. The molecule has 1 unspecified atom stereocenters. The molecule has 2 aromatic heterocycles. The second kappa shape index (κ2) is 4.25. The molecule has 0 spiro atoms. The number of fused-ring (bicyclic) bond motifs is 3. The van der Waals surface area contributed by atoms with Gasteiger partial charge < -0.3 is 10.1 Å². The molecule has 96 valence electrons. The lowest BCUT2D eigenvalue weighted by Gasteiger charge is -2.20. The number of hydrogen-bond donors (Lipinski definition) is 1. The first-order valence-corrected chi connectivity index (χ1v) is 6.34. The topological polar surface area (TPSA) is 64.3 Å². The highest BCUT2D eigenvalue weighted by atomic mass is 16.5. The minimum Gasteiger partial charge on any atom is -0.367 e. The predicted molar refractivity (Wildman–Crippen MR) is 69.9 cm³/mol. The number of para-hydroxylation sites is 1. The molecular weight excluding hydrogens is 242 g/mol. The molecular formula is C13H13N5O. The lowest BCUT2D eigenvalue weighted by Crippen LogP contribution is -2.33. The van der Waals surface area contributed by atoms with E-state index in [1.165, 1.54) is 0 Å². The molecule has 3 aromatic rings. The molecule has 0 saturated carbocycles. The highest BCUT2D eigenvalue weighted by molar-refractivity contribution is 5.90. The van der Waals surface area contributed by atoms with E-state index in [1.54, 1.807) is 10.8 Å². The third-order valence-corrected chi connectivity index (χ3v) is 3.31. The van der Waals surface area contributed by atoms with Gasteiger partial charge in [0.15, 0.2) is 11.5 Å². The van der Waals surface area contributed by atoms with E-state index in [0.717, 1.165) is 29.6 Å². The summed E-state index contributed by atoms with van der Waals surface area (Å²) in [5, 5.41) is 8.76. The first-order chi connectivity index (χ1) is 9.42. The van der Waals surface area contributed by atoms with Crippen molar-refractivity contribution in [1.29, 1.82) is 0 Å². The second-order valence-corrected chi connectivity index (χ2v) is 4.56. The van der Waals surface area contributed by atoms with Gasteiger partial charge >= 0.3 is 0 Å². The zero-order valence-corrected chi connectivity index (χ0v) is 10.3. The van der Waals surface area contributed by atoms with Gasteiger partial charge in [0, 0.05) is 18.5 Å². The van der Waals surface area contributed by atoms with Crippen molar-refractivity contribution in [2.75, 3.05) is 19.7 Å². The van der Waals surface area contributed by atoms with E-state index in [1.807, 2.05) is 24.3 Å². The normalized spacial score (nSPS) is 20.1. The Morgan fingerprint density at radius 2 is 2.26 bits per heavy atom. The van der Waals surface area contributed by atoms with Crippen molar-refractivity contribution < 1.29 is 4.74 Å². The summed E-state index contributed by atoms with van der Waals surface area (Å²) in [6, 6.07) is 7.94. The molecule has 6 heteroatoms. The fourth-order valence-electron chi connectivity index (χ4n) is 2.36. The van der Waals surface area contributed by atoms with Crippen LogP contribution in [-0.2, 0) is 4.74 Å². The second-order valence-electron chi connectivity index (χ2n) is 4.56. The van der Waals surface area contributed by atoms with Crippen molar-refractivity contribution in [1.82, 2.24) is 24.9 Å². The maximum absolute atomic E-state index is 5.68. The fourth-order valence-corrected chi connectivity index (χ4v) is 2.36. The summed E-state index contributed by atoms with van der Waals surface area (Å²) in [5.74, 6) is 0.713. The molecule has 4 rings (SSSR count). The fraction of sp³-hybridized carbons (Fsp3) is 0.308. The van der Waals surface area contributed by atoms with Crippen LogP contribution in [0.5, 0.6) is 0 Å². The Hall–Kier alpha value is -2.05. The van der Waals surface area contributed by atoms with Crippen LogP contribution in [0.15, 0.2) is 30.6 Å². The van der Waals surface area contributed by atoms with Crippen LogP contribution in [0.3, 0.4) is 0 Å². The third kappa shape index (κ3) is 1.76. The molecule has 0 aliphatic carbocycles. The van der Waals surface area contributed by atoms with Gasteiger partial charge in [-0.2, -0.15) is 0 Å². The minimum atomic E-state index is -0.0765. The summed E-state index contributed by atoms with van der Waals surface area (Å²) in [6.45, 7) is 2.33. The molecule has 1 N–H and O–H groups in total. The molecule has 1 aliphatic rings. The maximum Gasteiger partial charge on any atom is 0.181 e. The van der Waals surface area contributed by atoms with Crippen molar-refractivity contribution in [3.05, 3.63) is 36.4 Å². The van der Waals surface area contributed by atoms with Crippen LogP contribution in [0.2, 0.25) is 0 Å². The SMILES string of the molecule is c1ccc2c(c1)ncn1nc(C3CNCCO3)nc21. The average Bonchev–Trinajstić information content (AvgIpc) is 2.93. The zero-order chi connectivity index (χ0) is 12.7. The van der Waals surface area contributed by atoms with Crippen LogP contribution in [-0.4, -0.2) is 39.3 Å². The highest BCUT2D eigenvalue weighted by Crippen LogP contribution is 2.20. The third-order valence-electron chi connectivity index (χ3n) is 3.31. The number of morpholine rings is 1. The molecule has 0 amide bonds. The van der Waals surface area contributed by atoms with E-state index in [2.05, 4.69) is 20.4 Å². The van der Waals surface area contributed by atoms with E-state index >= 15 is 0 Å². The summed E-state index contributed by atoms with van der Waals surface area (Å²) in [6.07, 6.45) is 1.62. The first kappa shape index (κ1) is 10.8. The number of rotatable bonds is 1. The van der Waals surface area contributed by atoms with Crippen LogP contribution in [0.25, 0.3) is 16.6 Å². The lowest BCUT2D eigenvalue weighted by molar-refractivity contribution is 0.0223. The van der Waals surface area contributed by atoms with Gasteiger partial charge in [0.25, 0.3) is 0 Å². The number of benzene rings is 1. The summed E-state index contributed by atoms with van der Waals surface area (Å²) in [7, 11) is 0. The van der Waals surface area contributed by atoms with Crippen LogP contribution in [0, 0.1) is 0 Å². The van der Waals surface area contributed by atoms with Gasteiger partial charge in [-0.1, -0.05) is 12.1 Å². The van der Waals surface area contributed by atoms with Crippen molar-refractivity contribution in [2.45, 2.75) is 6.10 Å². The van der Waals surface area contributed by atoms with E-state index < -0.39 is 0 Å². The number of nitrogens with zero attached hydrogens (tertiary/aromatic N) is 4. The highest BCUT2D eigenvalue weighted by Gasteiger charge is 2.21. The van der Waals surface area contributed by atoms with E-state index in [-0.39, 0.29) is 6.10 Å². The standard InChI is InChI=1S/C13H13N5O/c1-2-4-10-9(3-1)13-16-12(17-18(13)8-15-10)11-7-14-5-6-19-11/h1-4,8,11,14H,5-7H2. The number of aromatic nitrogens is 4. The Morgan fingerprint density at radius 3 is 3.16 bits per heavy atom. The van der Waals surface area contributed by atoms with E-state index in [0.29, 0.717) is 12.4 Å². The van der Waals surface area contributed by atoms with Gasteiger partial charge in [-0.25, -0.2) is 14.5 Å². The van der Waals surface area contributed by atoms with E-state index in [4.69, 9.17) is 4.74 Å². The van der Waals surface area contributed by atoms with Crippen molar-refractivity contribution in [3.8, 4) is 0 Å². The smallest absolute Gasteiger partial charge is 0.181 e. The molecule has 1 atom stereocenters. The number of ether oxygens (including phenoxy) is 1. The Morgan fingerprint density at radius 1 is 1.32 bits per heavy atom. The van der Waals surface area contributed by atoms with Gasteiger partial charge in [-0.05, 0) is 12.1 Å². The summed E-state index contributed by atoms with van der Waals surface area (Å²) in [4.78, 5) is 8.98. The van der Waals surface area contributed by atoms with Crippen LogP contribution >= 0.6 is 0 Å². The maximum atomic E-state index is 5.68. The van der Waals surface area contributed by atoms with Gasteiger partial charge in [0.05, 0.1) is 12.1 Å². The molecule has 1 saturated heterocycles. The van der Waals surface area contributed by atoms with Crippen LogP contribution < -0.4 is 5.32 Å². The molecule has 19 heavy (non-hydrogen) atoms. The zero-order valence-electron chi connectivity index (χ0n) is 10.3. The van der Waals surface area contributed by atoms with Crippen molar-refractivity contribution >= 4 is 16.6 Å². The summed E-state index contributed by atoms with van der Waals surface area (Å²) < 4.78 is 7.40. The number of nitrogens with one attached hydrogen (secondary N) is 1. The predicted octanol–water partition coefficient (Wildman–Crippen LogP) is 0.938. The molecule has 1 aromatic carbocycles. The number of hydrogen-bond acceptors (Lipinski definition) is 5. The molecule has 0 bridgehead atoms. The molecule has 1 aliphatic heterocycles. The van der Waals surface area contributed by atoms with E-state index in [9.17, 15) is 0 Å². The van der Waals surface area contributed by atoms with Crippen molar-refractivity contribution in [2.24, 2.45) is 0 Å². The van der Waals surface area contributed by atoms with Gasteiger partial charge in [0.2, 0.25) is 0 Å². The molecule has 3 heterocycles. The Labute approximate surface area is 109 Å².